The Labute approximate surface area is 223 Å². The van der Waals surface area contributed by atoms with Crippen molar-refractivity contribution in [2.24, 2.45) is 4.99 Å². The van der Waals surface area contributed by atoms with Crippen LogP contribution >= 0.6 is 50.5 Å². The fourth-order valence-corrected chi connectivity index (χ4v) is 6.57. The minimum absolute atomic E-state index is 0.111. The van der Waals surface area contributed by atoms with E-state index >= 15 is 0 Å². The number of hydrogen-bond acceptors (Lipinski definition) is 4. The molecular weight excluding hydrogens is 567 g/mol. The van der Waals surface area contributed by atoms with E-state index in [1.54, 1.807) is 16.7 Å². The van der Waals surface area contributed by atoms with E-state index in [9.17, 15) is 9.90 Å². The Morgan fingerprint density at radius 2 is 1.86 bits per heavy atom. The number of benzene rings is 3. The molecule has 0 amide bonds. The highest BCUT2D eigenvalue weighted by Crippen LogP contribution is 2.41. The summed E-state index contributed by atoms with van der Waals surface area (Å²) in [5.41, 5.74) is 5.72. The van der Waals surface area contributed by atoms with Crippen LogP contribution in [0.25, 0.3) is 11.8 Å². The van der Waals surface area contributed by atoms with Gasteiger partial charge in [-0.1, -0.05) is 86.9 Å². The molecule has 2 heterocycles. The maximum absolute atomic E-state index is 13.8. The maximum Gasteiger partial charge on any atom is 0.271 e. The zero-order valence-electron chi connectivity index (χ0n) is 18.1. The molecule has 0 saturated carbocycles. The van der Waals surface area contributed by atoms with Crippen molar-refractivity contribution in [3.8, 4) is 5.75 Å². The minimum atomic E-state index is -0.263. The van der Waals surface area contributed by atoms with Crippen LogP contribution in [0.5, 0.6) is 5.75 Å². The molecule has 1 aliphatic carbocycles. The summed E-state index contributed by atoms with van der Waals surface area (Å²) in [6, 6.07) is 19.2. The molecular formula is C27H17BrCl2N2O2S. The van der Waals surface area contributed by atoms with E-state index in [2.05, 4.69) is 34.1 Å². The van der Waals surface area contributed by atoms with Gasteiger partial charge in [0.2, 0.25) is 0 Å². The lowest BCUT2D eigenvalue weighted by molar-refractivity contribution is 0.474. The Morgan fingerprint density at radius 3 is 2.66 bits per heavy atom. The van der Waals surface area contributed by atoms with E-state index in [0.717, 1.165) is 39.7 Å². The molecule has 2 aliphatic rings. The molecule has 174 valence electrons. The third kappa shape index (κ3) is 3.89. The number of halogens is 3. The predicted molar refractivity (Wildman–Crippen MR) is 145 cm³/mol. The lowest BCUT2D eigenvalue weighted by Crippen LogP contribution is -2.38. The van der Waals surface area contributed by atoms with Crippen LogP contribution in [0.4, 0.5) is 0 Å². The number of allylic oxidation sites excluding steroid dienone is 1. The molecule has 0 saturated heterocycles. The number of hydrogen-bond donors (Lipinski definition) is 1. The van der Waals surface area contributed by atoms with Crippen molar-refractivity contribution >= 4 is 62.2 Å². The molecule has 4 nitrogen and oxygen atoms in total. The first-order chi connectivity index (χ1) is 16.9. The second kappa shape index (κ2) is 8.79. The lowest BCUT2D eigenvalue weighted by atomic mass is 9.83. The average molecular weight is 584 g/mol. The van der Waals surface area contributed by atoms with Crippen molar-refractivity contribution in [1.82, 2.24) is 4.57 Å². The molecule has 3 aromatic carbocycles. The number of phenolic OH excluding ortho intramolecular Hbond substituents is 1. The van der Waals surface area contributed by atoms with E-state index in [1.165, 1.54) is 23.0 Å². The van der Waals surface area contributed by atoms with E-state index in [4.69, 9.17) is 28.2 Å². The maximum atomic E-state index is 13.8. The van der Waals surface area contributed by atoms with Crippen LogP contribution in [0.3, 0.4) is 0 Å². The Hall–Kier alpha value is -2.64. The van der Waals surface area contributed by atoms with E-state index < -0.39 is 0 Å². The molecule has 8 heteroatoms. The highest BCUT2D eigenvalue weighted by atomic mass is 79.9. The van der Waals surface area contributed by atoms with Gasteiger partial charge in [0.15, 0.2) is 4.80 Å². The van der Waals surface area contributed by atoms with Crippen LogP contribution in [0.2, 0.25) is 10.0 Å². The van der Waals surface area contributed by atoms with Crippen molar-refractivity contribution < 1.29 is 5.11 Å². The summed E-state index contributed by atoms with van der Waals surface area (Å²) < 4.78 is 3.20. The van der Waals surface area contributed by atoms with Crippen LogP contribution < -0.4 is 14.9 Å². The molecule has 0 unspecified atom stereocenters. The highest BCUT2D eigenvalue weighted by Gasteiger charge is 2.32. The second-order valence-electron chi connectivity index (χ2n) is 8.49. The van der Waals surface area contributed by atoms with Gasteiger partial charge in [-0.05, 0) is 59.9 Å². The summed E-state index contributed by atoms with van der Waals surface area (Å²) in [6.07, 6.45) is 3.36. The van der Waals surface area contributed by atoms with Crippen LogP contribution in [-0.4, -0.2) is 9.67 Å². The molecule has 4 aromatic rings. The summed E-state index contributed by atoms with van der Waals surface area (Å²) >= 11 is 17.1. The number of thiazole rings is 1. The molecule has 0 radical (unpaired) electrons. The highest BCUT2D eigenvalue weighted by molar-refractivity contribution is 9.10. The Morgan fingerprint density at radius 1 is 1.09 bits per heavy atom. The number of nitrogens with zero attached hydrogens (tertiary/aromatic N) is 2. The minimum Gasteiger partial charge on any atom is -0.506 e. The standard InChI is InChI=1S/C27H17BrCl2N2O2S/c28-17-8-5-15(6-9-17)24-20-10-7-14-3-1-2-4-19(14)23(20)31-27-32(24)26(34)22(35-27)12-16-11-18(29)13-21(30)25(16)33/h1-6,8-9,11-13,24,33H,7,10H2/b22-12-/t24-/m1/s1. The first kappa shape index (κ1) is 22.8. The largest absolute Gasteiger partial charge is 0.506 e. The van der Waals surface area contributed by atoms with Gasteiger partial charge in [-0.25, -0.2) is 4.99 Å². The second-order valence-corrected chi connectivity index (χ2v) is 11.3. The van der Waals surface area contributed by atoms with Crippen LogP contribution in [-0.2, 0) is 6.42 Å². The van der Waals surface area contributed by atoms with Crippen LogP contribution in [0.15, 0.2) is 80.5 Å². The summed E-state index contributed by atoms with van der Waals surface area (Å²) in [4.78, 5) is 19.4. The van der Waals surface area contributed by atoms with Gasteiger partial charge in [-0.15, -0.1) is 0 Å². The van der Waals surface area contributed by atoms with Crippen molar-refractivity contribution in [2.75, 3.05) is 0 Å². The lowest BCUT2D eigenvalue weighted by Gasteiger charge is -2.30. The number of aromatic hydroxyl groups is 1. The van der Waals surface area contributed by atoms with E-state index in [1.807, 2.05) is 30.3 Å². The topological polar surface area (TPSA) is 54.6 Å². The van der Waals surface area contributed by atoms with Crippen molar-refractivity contribution in [2.45, 2.75) is 18.9 Å². The molecule has 6 rings (SSSR count). The van der Waals surface area contributed by atoms with Gasteiger partial charge in [-0.2, -0.15) is 0 Å². The SMILES string of the molecule is O=c1/c(=C/c2cc(Cl)cc(Cl)c2O)sc2n1[C@H](c1ccc(Br)cc1)C1=C(N=2)c2ccccc2CC1. The molecule has 1 aliphatic heterocycles. The van der Waals surface area contributed by atoms with Gasteiger partial charge < -0.3 is 5.11 Å². The fourth-order valence-electron chi connectivity index (χ4n) is 4.80. The van der Waals surface area contributed by atoms with Gasteiger partial charge >= 0.3 is 0 Å². The number of fused-ring (bicyclic) bond motifs is 3. The number of rotatable bonds is 2. The quantitative estimate of drug-likeness (QED) is 0.310. The van der Waals surface area contributed by atoms with Crippen molar-refractivity contribution in [1.29, 1.82) is 0 Å². The summed E-state index contributed by atoms with van der Waals surface area (Å²) in [7, 11) is 0. The van der Waals surface area contributed by atoms with Crippen LogP contribution in [0, 0.1) is 0 Å². The normalized spacial score (nSPS) is 17.0. The van der Waals surface area contributed by atoms with E-state index in [-0.39, 0.29) is 22.4 Å². The number of aromatic nitrogens is 1. The predicted octanol–water partition coefficient (Wildman–Crippen LogP) is 6.09. The first-order valence-electron chi connectivity index (χ1n) is 11.0. The molecule has 0 bridgehead atoms. The first-order valence-corrected chi connectivity index (χ1v) is 13.3. The fraction of sp³-hybridized carbons (Fsp3) is 0.111. The molecule has 1 aromatic heterocycles. The third-order valence-corrected chi connectivity index (χ3v) is 8.42. The van der Waals surface area contributed by atoms with Gasteiger partial charge in [-0.3, -0.25) is 9.36 Å². The van der Waals surface area contributed by atoms with Gasteiger partial charge in [0.05, 0.1) is 21.3 Å². The molecule has 1 atom stereocenters. The van der Waals surface area contributed by atoms with Crippen molar-refractivity contribution in [3.05, 3.63) is 123 Å². The summed E-state index contributed by atoms with van der Waals surface area (Å²) in [5, 5.41) is 11.0. The Bertz CT molecular complexity index is 1720. The zero-order valence-corrected chi connectivity index (χ0v) is 22.0. The zero-order chi connectivity index (χ0) is 24.3. The van der Waals surface area contributed by atoms with Gasteiger partial charge in [0.1, 0.15) is 5.75 Å². The van der Waals surface area contributed by atoms with Gasteiger partial charge in [0.25, 0.3) is 5.56 Å². The number of phenols is 1. The number of aryl methyl sites for hydroxylation is 1. The average Bonchev–Trinajstić information content (AvgIpc) is 3.16. The molecule has 0 fully saturated rings. The summed E-state index contributed by atoms with van der Waals surface area (Å²) in [6.45, 7) is 0. The molecule has 35 heavy (non-hydrogen) atoms. The van der Waals surface area contributed by atoms with Crippen molar-refractivity contribution in [3.63, 3.8) is 0 Å². The molecule has 1 N–H and O–H groups in total. The van der Waals surface area contributed by atoms with E-state index in [0.29, 0.717) is 19.9 Å². The van der Waals surface area contributed by atoms with Gasteiger partial charge in [0, 0.05) is 20.6 Å². The van der Waals surface area contributed by atoms with Crippen LogP contribution in [0.1, 0.15) is 34.7 Å². The molecule has 0 spiro atoms. The Balaban J connectivity index is 1.64. The Kier molecular flexibility index (Phi) is 5.72. The third-order valence-electron chi connectivity index (χ3n) is 6.40. The smallest absolute Gasteiger partial charge is 0.271 e. The monoisotopic (exact) mass is 582 g/mol. The summed E-state index contributed by atoms with van der Waals surface area (Å²) in [5.74, 6) is -0.111.